The van der Waals surface area contributed by atoms with Crippen LogP contribution < -0.4 is 0 Å². The molecule has 2 N–H and O–H groups in total. The van der Waals surface area contributed by atoms with Crippen LogP contribution in [0.25, 0.3) is 0 Å². The van der Waals surface area contributed by atoms with Gasteiger partial charge >= 0.3 is 0 Å². The van der Waals surface area contributed by atoms with E-state index in [4.69, 9.17) is 0 Å². The molecule has 4 aliphatic rings. The molecule has 0 saturated heterocycles. The predicted octanol–water partition coefficient (Wildman–Crippen LogP) is 3.32. The topological polar surface area (TPSA) is 40.5 Å². The number of hydrogen-bond acceptors (Lipinski definition) is 2. The number of rotatable bonds is 2. The Kier molecular flexibility index (Phi) is 2.29. The highest BCUT2D eigenvalue weighted by molar-refractivity contribution is 7.69. The number of allylic oxidation sites excluding steroid dienone is 2. The molecule has 3 heteroatoms. The minimum atomic E-state index is -2.76. The van der Waals surface area contributed by atoms with Crippen molar-refractivity contribution in [2.75, 3.05) is 0 Å². The van der Waals surface area contributed by atoms with Crippen molar-refractivity contribution in [3.05, 3.63) is 11.4 Å². The first-order valence-corrected chi connectivity index (χ1v) is 8.97. The summed E-state index contributed by atoms with van der Waals surface area (Å²) >= 11 is 0. The molecule has 4 bridgehead atoms. The molecular formula is C14H22O2P+. The Balaban J connectivity index is 1.62. The maximum Gasteiger partial charge on any atom is 0.298 e. The summed E-state index contributed by atoms with van der Waals surface area (Å²) in [7, 11) is -2.76. The molecular weight excluding hydrogens is 231 g/mol. The lowest BCUT2D eigenvalue weighted by Gasteiger charge is -2.29. The highest BCUT2D eigenvalue weighted by Crippen LogP contribution is 2.75. The van der Waals surface area contributed by atoms with Crippen molar-refractivity contribution in [1.82, 2.24) is 0 Å². The van der Waals surface area contributed by atoms with Crippen molar-refractivity contribution in [1.29, 1.82) is 0 Å². The van der Waals surface area contributed by atoms with E-state index in [0.29, 0.717) is 17.8 Å². The van der Waals surface area contributed by atoms with E-state index in [1.54, 1.807) is 0 Å². The summed E-state index contributed by atoms with van der Waals surface area (Å²) in [6.45, 7) is 0. The van der Waals surface area contributed by atoms with E-state index in [9.17, 15) is 9.79 Å². The Labute approximate surface area is 104 Å². The van der Waals surface area contributed by atoms with E-state index in [2.05, 4.69) is 6.08 Å². The zero-order valence-electron chi connectivity index (χ0n) is 10.3. The van der Waals surface area contributed by atoms with Gasteiger partial charge < -0.3 is 0 Å². The maximum absolute atomic E-state index is 10.8. The van der Waals surface area contributed by atoms with Crippen LogP contribution in [0.5, 0.6) is 0 Å². The van der Waals surface area contributed by atoms with Crippen molar-refractivity contribution >= 4 is 7.72 Å². The largest absolute Gasteiger partial charge is 0.298 e. The van der Waals surface area contributed by atoms with Crippen LogP contribution in [-0.4, -0.2) is 15.4 Å². The first-order chi connectivity index (χ1) is 8.14. The van der Waals surface area contributed by atoms with Gasteiger partial charge in [-0.15, -0.1) is 0 Å². The van der Waals surface area contributed by atoms with Crippen molar-refractivity contribution in [3.8, 4) is 0 Å². The van der Waals surface area contributed by atoms with Crippen LogP contribution in [0.1, 0.15) is 44.9 Å². The lowest BCUT2D eigenvalue weighted by Crippen LogP contribution is -2.23. The molecule has 0 aliphatic heterocycles. The molecule has 2 nitrogen and oxygen atoms in total. The van der Waals surface area contributed by atoms with E-state index in [1.165, 1.54) is 38.5 Å². The van der Waals surface area contributed by atoms with Crippen LogP contribution >= 0.6 is 7.72 Å². The smallest absolute Gasteiger partial charge is 0.215 e. The third-order valence-corrected chi connectivity index (χ3v) is 8.67. The first kappa shape index (κ1) is 11.0. The Morgan fingerprint density at radius 2 is 1.88 bits per heavy atom. The predicted molar refractivity (Wildman–Crippen MR) is 69.5 cm³/mol. The fourth-order valence-electron chi connectivity index (χ4n) is 5.04. The first-order valence-electron chi connectivity index (χ1n) is 7.21. The molecule has 3 fully saturated rings. The van der Waals surface area contributed by atoms with Gasteiger partial charge in [0.05, 0.1) is 0 Å². The summed E-state index contributed by atoms with van der Waals surface area (Å²) in [5.41, 5.74) is 0.242. The lowest BCUT2D eigenvalue weighted by molar-refractivity contribution is 0.385. The lowest BCUT2D eigenvalue weighted by atomic mass is 10.0. The minimum absolute atomic E-state index is 0.242. The fourth-order valence-corrected chi connectivity index (χ4v) is 8.07. The van der Waals surface area contributed by atoms with E-state index in [0.717, 1.165) is 17.7 Å². The van der Waals surface area contributed by atoms with Gasteiger partial charge in [0.15, 0.2) is 0 Å². The van der Waals surface area contributed by atoms with Gasteiger partial charge in [0.2, 0.25) is 0 Å². The second-order valence-electron chi connectivity index (χ2n) is 6.75. The van der Waals surface area contributed by atoms with Gasteiger partial charge in [0.25, 0.3) is 7.72 Å². The van der Waals surface area contributed by atoms with Gasteiger partial charge in [-0.3, -0.25) is 0 Å². The van der Waals surface area contributed by atoms with Crippen LogP contribution in [-0.2, 0) is 0 Å². The van der Waals surface area contributed by atoms with E-state index >= 15 is 0 Å². The maximum atomic E-state index is 10.8. The summed E-state index contributed by atoms with van der Waals surface area (Å²) < 4.78 is 0. The SMILES string of the molecule is O[P+](O)(C1=CC2CCC1C2)C1CC2CCC1C2. The summed E-state index contributed by atoms with van der Waals surface area (Å²) in [6.07, 6.45) is 10.9. The quantitative estimate of drug-likeness (QED) is 0.741. The molecule has 0 heterocycles. The molecule has 0 radical (unpaired) electrons. The summed E-state index contributed by atoms with van der Waals surface area (Å²) in [6, 6.07) is 0. The zero-order chi connectivity index (χ0) is 11.6. The monoisotopic (exact) mass is 253 g/mol. The van der Waals surface area contributed by atoms with Gasteiger partial charge in [0.1, 0.15) is 11.0 Å². The zero-order valence-corrected chi connectivity index (χ0v) is 11.1. The molecule has 17 heavy (non-hydrogen) atoms. The molecule has 4 rings (SSSR count). The Morgan fingerprint density at radius 1 is 1.00 bits per heavy atom. The number of hydrogen-bond donors (Lipinski definition) is 2. The highest BCUT2D eigenvalue weighted by atomic mass is 31.2. The molecule has 5 unspecified atom stereocenters. The minimum Gasteiger partial charge on any atom is -0.215 e. The molecule has 94 valence electrons. The normalized spacial score (nSPS) is 47.9. The summed E-state index contributed by atoms with van der Waals surface area (Å²) in [5, 5.41) is 1.10. The van der Waals surface area contributed by atoms with Crippen molar-refractivity contribution in [2.24, 2.45) is 23.7 Å². The van der Waals surface area contributed by atoms with Crippen molar-refractivity contribution < 1.29 is 9.79 Å². The Hall–Kier alpha value is 0.0900. The van der Waals surface area contributed by atoms with Gasteiger partial charge in [-0.05, 0) is 62.9 Å². The molecule has 4 aliphatic carbocycles. The van der Waals surface area contributed by atoms with Crippen LogP contribution in [0.2, 0.25) is 0 Å². The Morgan fingerprint density at radius 3 is 2.41 bits per heavy atom. The fraction of sp³-hybridized carbons (Fsp3) is 0.857. The second kappa shape index (κ2) is 3.56. The molecule has 0 aromatic carbocycles. The molecule has 0 spiro atoms. The standard InChI is InChI=1S/C14H22O2P/c15-17(16,13-7-9-1-3-11(13)5-9)14-8-10-2-4-12(14)6-10/h7,9-12,14-16H,1-6,8H2/q+1. The van der Waals surface area contributed by atoms with E-state index in [1.807, 2.05) is 0 Å². The van der Waals surface area contributed by atoms with Gasteiger partial charge in [0, 0.05) is 11.8 Å². The third kappa shape index (κ3) is 1.50. The third-order valence-electron chi connectivity index (χ3n) is 5.84. The van der Waals surface area contributed by atoms with Crippen LogP contribution in [0.15, 0.2) is 11.4 Å². The Bertz CT molecular complexity index is 376. The van der Waals surface area contributed by atoms with Crippen molar-refractivity contribution in [3.63, 3.8) is 0 Å². The van der Waals surface area contributed by atoms with Gasteiger partial charge in [-0.1, -0.05) is 0 Å². The summed E-state index contributed by atoms with van der Waals surface area (Å²) in [4.78, 5) is 21.5. The van der Waals surface area contributed by atoms with Gasteiger partial charge in [-0.25, -0.2) is 9.79 Å². The van der Waals surface area contributed by atoms with Crippen LogP contribution in [0.4, 0.5) is 0 Å². The molecule has 3 saturated carbocycles. The number of fused-ring (bicyclic) bond motifs is 4. The molecule has 5 atom stereocenters. The van der Waals surface area contributed by atoms with E-state index in [-0.39, 0.29) is 5.66 Å². The molecule has 0 aromatic rings. The average molecular weight is 253 g/mol. The van der Waals surface area contributed by atoms with E-state index < -0.39 is 7.72 Å². The summed E-state index contributed by atoms with van der Waals surface area (Å²) in [5.74, 6) is 2.64. The van der Waals surface area contributed by atoms with Gasteiger partial charge in [-0.2, -0.15) is 0 Å². The second-order valence-corrected chi connectivity index (χ2v) is 9.23. The van der Waals surface area contributed by atoms with Crippen molar-refractivity contribution in [2.45, 2.75) is 50.6 Å². The molecule has 0 aromatic heterocycles. The molecule has 0 amide bonds. The van der Waals surface area contributed by atoms with Crippen LogP contribution in [0.3, 0.4) is 0 Å². The van der Waals surface area contributed by atoms with Crippen LogP contribution in [0, 0.1) is 23.7 Å². The average Bonchev–Trinajstić information content (AvgIpc) is 3.07. The highest BCUT2D eigenvalue weighted by Gasteiger charge is 2.60.